The third kappa shape index (κ3) is 2.77. The number of fused-ring (bicyclic) bond motifs is 1. The normalized spacial score (nSPS) is 10.6. The van der Waals surface area contributed by atoms with Crippen molar-refractivity contribution in [3.05, 3.63) is 33.4 Å². The fourth-order valence-corrected chi connectivity index (χ4v) is 2.27. The SMILES string of the molecule is O=C(O)CNc1cc(Cl)nc2c(Cl)cc(Cl)cc12. The van der Waals surface area contributed by atoms with Gasteiger partial charge < -0.3 is 10.4 Å². The van der Waals surface area contributed by atoms with Crippen LogP contribution >= 0.6 is 34.8 Å². The first-order valence-electron chi connectivity index (χ1n) is 4.88. The number of carboxylic acid groups (broad SMARTS) is 1. The van der Waals surface area contributed by atoms with Gasteiger partial charge in [0.05, 0.1) is 10.5 Å². The summed E-state index contributed by atoms with van der Waals surface area (Å²) in [6, 6.07) is 4.73. The van der Waals surface area contributed by atoms with Crippen LogP contribution in [0.2, 0.25) is 15.2 Å². The zero-order chi connectivity index (χ0) is 13.3. The van der Waals surface area contributed by atoms with Crippen molar-refractivity contribution in [3.8, 4) is 0 Å². The Morgan fingerprint density at radius 3 is 2.67 bits per heavy atom. The number of rotatable bonds is 3. The van der Waals surface area contributed by atoms with Crippen molar-refractivity contribution in [1.29, 1.82) is 0 Å². The Balaban J connectivity index is 2.60. The van der Waals surface area contributed by atoms with Gasteiger partial charge in [-0.15, -0.1) is 0 Å². The van der Waals surface area contributed by atoms with Crippen LogP contribution in [0.4, 0.5) is 5.69 Å². The average Bonchev–Trinajstić information content (AvgIpc) is 2.27. The summed E-state index contributed by atoms with van der Waals surface area (Å²) in [6.07, 6.45) is 0. The molecule has 0 saturated heterocycles. The first kappa shape index (κ1) is 13.2. The molecule has 0 amide bonds. The second-order valence-corrected chi connectivity index (χ2v) is 4.75. The number of benzene rings is 1. The van der Waals surface area contributed by atoms with Gasteiger partial charge in [0.25, 0.3) is 0 Å². The molecule has 0 bridgehead atoms. The zero-order valence-corrected chi connectivity index (χ0v) is 11.1. The minimum atomic E-state index is -0.982. The van der Waals surface area contributed by atoms with Gasteiger partial charge in [0.1, 0.15) is 11.7 Å². The number of carbonyl (C=O) groups is 1. The summed E-state index contributed by atoms with van der Waals surface area (Å²) in [5, 5.41) is 13.0. The lowest BCUT2D eigenvalue weighted by molar-refractivity contribution is -0.134. The summed E-state index contributed by atoms with van der Waals surface area (Å²) in [6.45, 7) is -0.237. The van der Waals surface area contributed by atoms with Crippen molar-refractivity contribution in [2.45, 2.75) is 0 Å². The van der Waals surface area contributed by atoms with E-state index in [9.17, 15) is 4.79 Å². The van der Waals surface area contributed by atoms with Crippen molar-refractivity contribution >= 4 is 57.4 Å². The van der Waals surface area contributed by atoms with Crippen LogP contribution in [0.3, 0.4) is 0 Å². The number of halogens is 3. The number of hydrogen-bond donors (Lipinski definition) is 2. The van der Waals surface area contributed by atoms with Crippen molar-refractivity contribution in [3.63, 3.8) is 0 Å². The number of nitrogens with zero attached hydrogens (tertiary/aromatic N) is 1. The van der Waals surface area contributed by atoms with Gasteiger partial charge in [-0.25, -0.2) is 4.98 Å². The van der Waals surface area contributed by atoms with Gasteiger partial charge in [0, 0.05) is 16.1 Å². The lowest BCUT2D eigenvalue weighted by atomic mass is 10.2. The molecule has 4 nitrogen and oxygen atoms in total. The van der Waals surface area contributed by atoms with Crippen molar-refractivity contribution < 1.29 is 9.90 Å². The summed E-state index contributed by atoms with van der Waals surface area (Å²) in [5.41, 5.74) is 0.998. The van der Waals surface area contributed by atoms with E-state index in [0.717, 1.165) is 0 Å². The molecular formula is C11H7Cl3N2O2. The third-order valence-electron chi connectivity index (χ3n) is 2.23. The third-order valence-corrected chi connectivity index (χ3v) is 2.93. The van der Waals surface area contributed by atoms with Gasteiger partial charge in [-0.1, -0.05) is 34.8 Å². The van der Waals surface area contributed by atoms with Gasteiger partial charge in [-0.3, -0.25) is 4.79 Å². The maximum atomic E-state index is 10.6. The topological polar surface area (TPSA) is 62.2 Å². The van der Waals surface area contributed by atoms with Crippen LogP contribution in [0, 0.1) is 0 Å². The smallest absolute Gasteiger partial charge is 0.322 e. The number of pyridine rings is 1. The molecule has 18 heavy (non-hydrogen) atoms. The quantitative estimate of drug-likeness (QED) is 0.849. The van der Waals surface area contributed by atoms with E-state index in [4.69, 9.17) is 39.9 Å². The van der Waals surface area contributed by atoms with E-state index in [2.05, 4.69) is 10.3 Å². The Labute approximate surface area is 117 Å². The number of aromatic nitrogens is 1. The Morgan fingerprint density at radius 2 is 2.00 bits per heavy atom. The largest absolute Gasteiger partial charge is 0.480 e. The highest BCUT2D eigenvalue weighted by Crippen LogP contribution is 2.32. The van der Waals surface area contributed by atoms with E-state index in [1.54, 1.807) is 12.1 Å². The Kier molecular flexibility index (Phi) is 3.80. The van der Waals surface area contributed by atoms with Gasteiger partial charge in [-0.05, 0) is 18.2 Å². The van der Waals surface area contributed by atoms with E-state index in [1.807, 2.05) is 0 Å². The number of nitrogens with one attached hydrogen (secondary N) is 1. The Hall–Kier alpha value is -1.23. The second-order valence-electron chi connectivity index (χ2n) is 3.52. The molecule has 2 rings (SSSR count). The molecule has 2 N–H and O–H groups in total. The summed E-state index contributed by atoms with van der Waals surface area (Å²) in [7, 11) is 0. The average molecular weight is 306 g/mol. The van der Waals surface area contributed by atoms with E-state index in [0.29, 0.717) is 26.6 Å². The fourth-order valence-electron chi connectivity index (χ4n) is 1.54. The van der Waals surface area contributed by atoms with Gasteiger partial charge in [0.15, 0.2) is 0 Å². The molecule has 0 saturated carbocycles. The number of carboxylic acids is 1. The Bertz CT molecular complexity index is 631. The maximum Gasteiger partial charge on any atom is 0.322 e. The summed E-state index contributed by atoms with van der Waals surface area (Å²) in [5.74, 6) is -0.982. The lowest BCUT2D eigenvalue weighted by Crippen LogP contribution is -2.12. The van der Waals surface area contributed by atoms with Crippen LogP contribution < -0.4 is 5.32 Å². The number of aliphatic carboxylic acids is 1. The first-order valence-corrected chi connectivity index (χ1v) is 6.01. The summed E-state index contributed by atoms with van der Waals surface area (Å²) >= 11 is 17.8. The predicted molar refractivity (Wildman–Crippen MR) is 72.9 cm³/mol. The monoisotopic (exact) mass is 304 g/mol. The van der Waals surface area contributed by atoms with Crippen LogP contribution in [0.25, 0.3) is 10.9 Å². The molecule has 2 aromatic rings. The molecule has 1 aromatic heterocycles. The minimum Gasteiger partial charge on any atom is -0.480 e. The molecule has 0 aliphatic heterocycles. The molecule has 94 valence electrons. The summed E-state index contributed by atoms with van der Waals surface area (Å²) in [4.78, 5) is 14.7. The molecule has 0 atom stereocenters. The van der Waals surface area contributed by atoms with Gasteiger partial charge in [0.2, 0.25) is 0 Å². The van der Waals surface area contributed by atoms with Crippen LogP contribution in [0.1, 0.15) is 0 Å². The number of hydrogen-bond acceptors (Lipinski definition) is 3. The zero-order valence-electron chi connectivity index (χ0n) is 8.88. The molecular weight excluding hydrogens is 298 g/mol. The predicted octanol–water partition coefficient (Wildman–Crippen LogP) is 3.69. The van der Waals surface area contributed by atoms with Crippen LogP contribution in [0.15, 0.2) is 18.2 Å². The van der Waals surface area contributed by atoms with Crippen molar-refractivity contribution in [2.75, 3.05) is 11.9 Å². The van der Waals surface area contributed by atoms with E-state index < -0.39 is 5.97 Å². The van der Waals surface area contributed by atoms with Gasteiger partial charge in [-0.2, -0.15) is 0 Å². The molecule has 0 fully saturated rings. The Morgan fingerprint density at radius 1 is 1.28 bits per heavy atom. The van der Waals surface area contributed by atoms with Crippen LogP contribution in [-0.4, -0.2) is 22.6 Å². The fraction of sp³-hybridized carbons (Fsp3) is 0.0909. The molecule has 0 aliphatic carbocycles. The van der Waals surface area contributed by atoms with Crippen LogP contribution in [-0.2, 0) is 4.79 Å². The highest BCUT2D eigenvalue weighted by Gasteiger charge is 2.10. The molecule has 0 spiro atoms. The minimum absolute atomic E-state index is 0.222. The van der Waals surface area contributed by atoms with Gasteiger partial charge >= 0.3 is 5.97 Å². The lowest BCUT2D eigenvalue weighted by Gasteiger charge is -2.09. The number of anilines is 1. The first-order chi connectivity index (χ1) is 8.47. The highest BCUT2D eigenvalue weighted by molar-refractivity contribution is 6.39. The van der Waals surface area contributed by atoms with E-state index in [1.165, 1.54) is 6.07 Å². The van der Waals surface area contributed by atoms with Crippen LogP contribution in [0.5, 0.6) is 0 Å². The molecule has 0 radical (unpaired) electrons. The molecule has 1 heterocycles. The van der Waals surface area contributed by atoms with Crippen molar-refractivity contribution in [1.82, 2.24) is 4.98 Å². The molecule has 7 heteroatoms. The van der Waals surface area contributed by atoms with Crippen molar-refractivity contribution in [2.24, 2.45) is 0 Å². The molecule has 1 aromatic carbocycles. The highest BCUT2D eigenvalue weighted by atomic mass is 35.5. The van der Waals surface area contributed by atoms with E-state index in [-0.39, 0.29) is 11.7 Å². The summed E-state index contributed by atoms with van der Waals surface area (Å²) < 4.78 is 0. The standard InChI is InChI=1S/C11H7Cl3N2O2/c12-5-1-6-8(15-4-10(17)18)3-9(14)16-11(6)7(13)2-5/h1-3H,4H2,(H,15,16)(H,17,18). The van der Waals surface area contributed by atoms with E-state index >= 15 is 0 Å². The maximum absolute atomic E-state index is 10.6. The molecule has 0 aliphatic rings. The second kappa shape index (κ2) is 5.18. The molecule has 0 unspecified atom stereocenters.